The van der Waals surface area contributed by atoms with E-state index in [1.807, 2.05) is 30.8 Å². The quantitative estimate of drug-likeness (QED) is 0.666. The van der Waals surface area contributed by atoms with Crippen molar-refractivity contribution >= 4 is 5.91 Å². The van der Waals surface area contributed by atoms with E-state index in [0.717, 1.165) is 32.2 Å². The number of hydrogen-bond donors (Lipinski definition) is 2. The van der Waals surface area contributed by atoms with E-state index < -0.39 is 0 Å². The maximum atomic E-state index is 11.8. The van der Waals surface area contributed by atoms with E-state index in [0.29, 0.717) is 6.54 Å². The lowest BCUT2D eigenvalue weighted by Gasteiger charge is -2.12. The molecule has 0 aliphatic carbocycles. The number of carbonyl (C=O) groups excluding carboxylic acids is 1. The standard InChI is InChI=1S/C14H26N4O/c1-12(6-3-7-13(2)15)14(19)16-8-4-10-18-11-5-9-17-18/h5,9,11-13H,3-4,6-8,10,15H2,1-2H3,(H,16,19). The lowest BCUT2D eigenvalue weighted by Crippen LogP contribution is -2.30. The summed E-state index contributed by atoms with van der Waals surface area (Å²) in [7, 11) is 0. The highest BCUT2D eigenvalue weighted by atomic mass is 16.1. The normalized spacial score (nSPS) is 14.1. The van der Waals surface area contributed by atoms with E-state index in [2.05, 4.69) is 10.4 Å². The number of nitrogens with zero attached hydrogens (tertiary/aromatic N) is 2. The first kappa shape index (κ1) is 15.7. The van der Waals surface area contributed by atoms with Gasteiger partial charge in [-0.25, -0.2) is 0 Å². The smallest absolute Gasteiger partial charge is 0.222 e. The first-order valence-electron chi connectivity index (χ1n) is 7.10. The molecule has 0 saturated carbocycles. The van der Waals surface area contributed by atoms with Crippen molar-refractivity contribution in [2.45, 2.75) is 52.1 Å². The first-order valence-corrected chi connectivity index (χ1v) is 7.10. The van der Waals surface area contributed by atoms with E-state index in [4.69, 9.17) is 5.73 Å². The van der Waals surface area contributed by atoms with Crippen molar-refractivity contribution in [2.24, 2.45) is 11.7 Å². The summed E-state index contributed by atoms with van der Waals surface area (Å²) in [5, 5.41) is 7.09. The summed E-state index contributed by atoms with van der Waals surface area (Å²) < 4.78 is 1.87. The average molecular weight is 266 g/mol. The number of nitrogens with one attached hydrogen (secondary N) is 1. The molecule has 0 fully saturated rings. The molecule has 0 saturated heterocycles. The Balaban J connectivity index is 2.06. The topological polar surface area (TPSA) is 72.9 Å². The van der Waals surface area contributed by atoms with Crippen molar-refractivity contribution in [3.8, 4) is 0 Å². The van der Waals surface area contributed by atoms with Gasteiger partial charge in [0.25, 0.3) is 0 Å². The van der Waals surface area contributed by atoms with Gasteiger partial charge in [0, 0.05) is 37.4 Å². The molecule has 0 spiro atoms. The Morgan fingerprint density at radius 1 is 1.37 bits per heavy atom. The second kappa shape index (κ2) is 8.69. The molecule has 19 heavy (non-hydrogen) atoms. The number of amides is 1. The Hall–Kier alpha value is -1.36. The van der Waals surface area contributed by atoms with Gasteiger partial charge in [0.15, 0.2) is 0 Å². The Morgan fingerprint density at radius 2 is 2.16 bits per heavy atom. The number of nitrogens with two attached hydrogens (primary N) is 1. The maximum Gasteiger partial charge on any atom is 0.222 e. The minimum absolute atomic E-state index is 0.0726. The highest BCUT2D eigenvalue weighted by Crippen LogP contribution is 2.08. The molecule has 2 atom stereocenters. The van der Waals surface area contributed by atoms with Crippen LogP contribution in [0.5, 0.6) is 0 Å². The van der Waals surface area contributed by atoms with Crippen molar-refractivity contribution in [3.63, 3.8) is 0 Å². The Morgan fingerprint density at radius 3 is 2.79 bits per heavy atom. The van der Waals surface area contributed by atoms with Crippen LogP contribution in [0, 0.1) is 5.92 Å². The van der Waals surface area contributed by atoms with Crippen LogP contribution in [0.4, 0.5) is 0 Å². The molecular formula is C14H26N4O. The van der Waals surface area contributed by atoms with Crippen LogP contribution in [0.15, 0.2) is 18.5 Å². The molecule has 0 aromatic carbocycles. The van der Waals surface area contributed by atoms with Crippen LogP contribution in [0.2, 0.25) is 0 Å². The van der Waals surface area contributed by atoms with Crippen LogP contribution in [0.1, 0.15) is 39.5 Å². The van der Waals surface area contributed by atoms with Crippen LogP contribution >= 0.6 is 0 Å². The van der Waals surface area contributed by atoms with Crippen LogP contribution in [0.3, 0.4) is 0 Å². The second-order valence-corrected chi connectivity index (χ2v) is 5.22. The molecule has 5 heteroatoms. The lowest BCUT2D eigenvalue weighted by molar-refractivity contribution is -0.124. The van der Waals surface area contributed by atoms with Gasteiger partial charge < -0.3 is 11.1 Å². The summed E-state index contributed by atoms with van der Waals surface area (Å²) in [5.41, 5.74) is 5.69. The molecular weight excluding hydrogens is 240 g/mol. The summed E-state index contributed by atoms with van der Waals surface area (Å²) in [4.78, 5) is 11.8. The lowest BCUT2D eigenvalue weighted by atomic mass is 10.0. The number of rotatable bonds is 9. The van der Waals surface area contributed by atoms with Crippen molar-refractivity contribution < 1.29 is 4.79 Å². The summed E-state index contributed by atoms with van der Waals surface area (Å²) in [6.07, 6.45) is 7.50. The Bertz CT molecular complexity index is 348. The number of aromatic nitrogens is 2. The number of aryl methyl sites for hydroxylation is 1. The highest BCUT2D eigenvalue weighted by Gasteiger charge is 2.11. The molecule has 3 N–H and O–H groups in total. The fourth-order valence-corrected chi connectivity index (χ4v) is 1.94. The van der Waals surface area contributed by atoms with E-state index in [1.54, 1.807) is 6.20 Å². The molecule has 2 unspecified atom stereocenters. The van der Waals surface area contributed by atoms with Gasteiger partial charge >= 0.3 is 0 Å². The number of hydrogen-bond acceptors (Lipinski definition) is 3. The van der Waals surface area contributed by atoms with Crippen molar-refractivity contribution in [1.82, 2.24) is 15.1 Å². The van der Waals surface area contributed by atoms with Crippen molar-refractivity contribution in [3.05, 3.63) is 18.5 Å². The largest absolute Gasteiger partial charge is 0.356 e. The molecule has 0 radical (unpaired) electrons. The number of carbonyl (C=O) groups is 1. The van der Waals surface area contributed by atoms with Crippen molar-refractivity contribution in [1.29, 1.82) is 0 Å². The van der Waals surface area contributed by atoms with E-state index in [9.17, 15) is 4.79 Å². The molecule has 0 aliphatic rings. The predicted octanol–water partition coefficient (Wildman–Crippen LogP) is 1.54. The molecule has 1 amide bonds. The Kier molecular flexibility index (Phi) is 7.18. The molecule has 5 nitrogen and oxygen atoms in total. The molecule has 1 aromatic rings. The third-order valence-corrected chi connectivity index (χ3v) is 3.17. The molecule has 1 heterocycles. The minimum atomic E-state index is 0.0726. The summed E-state index contributed by atoms with van der Waals surface area (Å²) in [5.74, 6) is 0.216. The van der Waals surface area contributed by atoms with E-state index in [-0.39, 0.29) is 17.9 Å². The molecule has 1 aromatic heterocycles. The zero-order valence-corrected chi connectivity index (χ0v) is 12.0. The molecule has 0 bridgehead atoms. The maximum absolute atomic E-state index is 11.8. The monoisotopic (exact) mass is 266 g/mol. The Labute approximate surface area is 115 Å². The van der Waals surface area contributed by atoms with E-state index >= 15 is 0 Å². The SMILES string of the molecule is CC(N)CCCC(C)C(=O)NCCCn1cccn1. The van der Waals surface area contributed by atoms with Gasteiger partial charge in [0.1, 0.15) is 0 Å². The summed E-state index contributed by atoms with van der Waals surface area (Å²) in [6, 6.07) is 2.13. The zero-order valence-electron chi connectivity index (χ0n) is 12.0. The molecule has 108 valence electrons. The van der Waals surface area contributed by atoms with Crippen molar-refractivity contribution in [2.75, 3.05) is 6.54 Å². The fraction of sp³-hybridized carbons (Fsp3) is 0.714. The minimum Gasteiger partial charge on any atom is -0.356 e. The first-order chi connectivity index (χ1) is 9.09. The highest BCUT2D eigenvalue weighted by molar-refractivity contribution is 5.78. The third kappa shape index (κ3) is 6.96. The average Bonchev–Trinajstić information content (AvgIpc) is 2.86. The fourth-order valence-electron chi connectivity index (χ4n) is 1.94. The van der Waals surface area contributed by atoms with E-state index in [1.165, 1.54) is 0 Å². The zero-order chi connectivity index (χ0) is 14.1. The summed E-state index contributed by atoms with van der Waals surface area (Å²) >= 11 is 0. The van der Waals surface area contributed by atoms with Gasteiger partial charge in [0.2, 0.25) is 5.91 Å². The van der Waals surface area contributed by atoms with Gasteiger partial charge in [0.05, 0.1) is 0 Å². The van der Waals surface area contributed by atoms with Gasteiger partial charge in [-0.15, -0.1) is 0 Å². The molecule has 1 rings (SSSR count). The summed E-state index contributed by atoms with van der Waals surface area (Å²) in [6.45, 7) is 5.52. The predicted molar refractivity (Wildman–Crippen MR) is 76.5 cm³/mol. The van der Waals surface area contributed by atoms with Gasteiger partial charge in [-0.2, -0.15) is 5.10 Å². The third-order valence-electron chi connectivity index (χ3n) is 3.17. The van der Waals surface area contributed by atoms with Crippen LogP contribution in [0.25, 0.3) is 0 Å². The van der Waals surface area contributed by atoms with Gasteiger partial charge in [-0.3, -0.25) is 9.48 Å². The van der Waals surface area contributed by atoms with Gasteiger partial charge in [-0.1, -0.05) is 13.3 Å². The second-order valence-electron chi connectivity index (χ2n) is 5.22. The van der Waals surface area contributed by atoms with Gasteiger partial charge in [-0.05, 0) is 32.3 Å². The van der Waals surface area contributed by atoms with Crippen LogP contribution < -0.4 is 11.1 Å². The van der Waals surface area contributed by atoms with Crippen LogP contribution in [-0.2, 0) is 11.3 Å². The molecule has 0 aliphatic heterocycles. The van der Waals surface area contributed by atoms with Crippen LogP contribution in [-0.4, -0.2) is 28.3 Å².